The van der Waals surface area contributed by atoms with Crippen molar-refractivity contribution in [3.63, 3.8) is 0 Å². The van der Waals surface area contributed by atoms with Crippen molar-refractivity contribution in [1.29, 1.82) is 0 Å². The van der Waals surface area contributed by atoms with Crippen molar-refractivity contribution >= 4 is 14.7 Å². The third-order valence-electron chi connectivity index (χ3n) is 12.4. The average molecular weight is 899 g/mol. The summed E-state index contributed by atoms with van der Waals surface area (Å²) in [6.07, 6.45) is 17.7. The first-order chi connectivity index (χ1) is 31.6. The fraction of sp³-hybridized carbons (Fsp3) is 0.200. The summed E-state index contributed by atoms with van der Waals surface area (Å²) >= 11 is 0. The Morgan fingerprint density at radius 2 is 0.800 bits per heavy atom. The Kier molecular flexibility index (Phi) is 12.7. The number of benzene rings is 4. The summed E-state index contributed by atoms with van der Waals surface area (Å²) in [4.78, 5) is 0. The normalized spacial score (nSPS) is 13.0. The molecule has 326 valence electrons. The zero-order valence-electron chi connectivity index (χ0n) is 37.5. The Bertz CT molecular complexity index is 2950. The molecule has 4 heterocycles. The van der Waals surface area contributed by atoms with Crippen LogP contribution in [0.25, 0.3) is 44.8 Å². The van der Waals surface area contributed by atoms with Gasteiger partial charge in [-0.25, -0.2) is 9.13 Å². The lowest BCUT2D eigenvalue weighted by molar-refractivity contribution is -0.692. The second-order valence-corrected chi connectivity index (χ2v) is 22.8. The topological polar surface area (TPSA) is 68.1 Å². The van der Waals surface area contributed by atoms with Crippen LogP contribution in [0.5, 0.6) is 0 Å². The molecule has 8 aromatic rings. The molecular weight excluding hydrogens is 843 g/mol. The second kappa shape index (κ2) is 18.8. The quantitative estimate of drug-likeness (QED) is 0.0716. The molecule has 9 rings (SSSR count). The largest absolute Gasteiger partial charge is 0.337 e. The summed E-state index contributed by atoms with van der Waals surface area (Å²) in [6, 6.07) is 52.8. The summed E-state index contributed by atoms with van der Waals surface area (Å²) in [5.41, 5.74) is 13.6. The zero-order valence-corrected chi connectivity index (χ0v) is 39.3. The van der Waals surface area contributed by atoms with E-state index in [1.54, 1.807) is 0 Å². The SMILES string of the molecule is CCOP(=O)(CC[n+]1ccc(-c2cc[n+](-c3ccc(C4(c5ccc(-[n+]6ccc(-c7cc[n+](CCP(C)(C)=O)cc7)cc6)cc5)c5ccccc5-c5ccccc54)cc3)cc2)cc1)OCC. The molecule has 1 aliphatic carbocycles. The number of hydrogen-bond acceptors (Lipinski definition) is 4. The van der Waals surface area contributed by atoms with Gasteiger partial charge in [-0.1, -0.05) is 72.8 Å². The van der Waals surface area contributed by atoms with Crippen LogP contribution in [-0.2, 0) is 36.7 Å². The lowest BCUT2D eigenvalue weighted by Crippen LogP contribution is -2.34. The van der Waals surface area contributed by atoms with Crippen LogP contribution in [0.15, 0.2) is 195 Å². The Morgan fingerprint density at radius 3 is 1.17 bits per heavy atom. The standard InChI is InChI=1S/C55H56N4O4P2/c1-5-62-65(61,63-6-2)42-40-57-33-25-44(26-34-57)46-29-37-59(38-30-46)50-21-17-48(18-22-50)55(53-13-9-7-11-51(53)52-12-8-10-14-54(52)55)47-15-19-49(20-16-47)58-35-27-45(28-36-58)43-23-31-56(32-24-43)39-41-64(3,4)60/h7-38H,5-6,39-42H2,1-4H3/q+4. The van der Waals surface area contributed by atoms with Gasteiger partial charge in [0.25, 0.3) is 0 Å². The van der Waals surface area contributed by atoms with Gasteiger partial charge in [-0.3, -0.25) is 4.57 Å². The van der Waals surface area contributed by atoms with Gasteiger partial charge in [-0.15, -0.1) is 0 Å². The molecule has 10 heteroatoms. The smallest absolute Gasteiger partial charge is 0.324 e. The van der Waals surface area contributed by atoms with Crippen molar-refractivity contribution in [1.82, 2.24) is 0 Å². The van der Waals surface area contributed by atoms with Crippen LogP contribution in [0.1, 0.15) is 36.1 Å². The maximum atomic E-state index is 13.0. The van der Waals surface area contributed by atoms with Crippen LogP contribution in [0, 0.1) is 0 Å². The van der Waals surface area contributed by atoms with E-state index in [2.05, 4.69) is 196 Å². The minimum absolute atomic E-state index is 0.327. The van der Waals surface area contributed by atoms with E-state index in [9.17, 15) is 9.13 Å². The van der Waals surface area contributed by atoms with Crippen LogP contribution in [0.4, 0.5) is 0 Å². The molecule has 0 bridgehead atoms. The summed E-state index contributed by atoms with van der Waals surface area (Å²) < 4.78 is 44.6. The van der Waals surface area contributed by atoms with Crippen molar-refractivity contribution in [3.8, 4) is 44.8 Å². The van der Waals surface area contributed by atoms with Crippen LogP contribution >= 0.6 is 14.7 Å². The van der Waals surface area contributed by atoms with E-state index >= 15 is 0 Å². The molecule has 0 atom stereocenters. The Morgan fingerprint density at radius 1 is 0.446 bits per heavy atom. The first-order valence-corrected chi connectivity index (χ1v) is 26.9. The van der Waals surface area contributed by atoms with Gasteiger partial charge in [0.1, 0.15) is 6.16 Å². The number of hydrogen-bond donors (Lipinski definition) is 0. The maximum Gasteiger partial charge on any atom is 0.337 e. The van der Waals surface area contributed by atoms with E-state index in [-0.39, 0.29) is 0 Å². The first-order valence-electron chi connectivity index (χ1n) is 22.4. The predicted octanol–water partition coefficient (Wildman–Crippen LogP) is 10.4. The third kappa shape index (κ3) is 9.23. The van der Waals surface area contributed by atoms with E-state index < -0.39 is 20.2 Å². The molecule has 0 amide bonds. The fourth-order valence-electron chi connectivity index (χ4n) is 9.12. The van der Waals surface area contributed by atoms with Gasteiger partial charge in [0.15, 0.2) is 62.7 Å². The van der Waals surface area contributed by atoms with Crippen LogP contribution in [0.2, 0.25) is 0 Å². The molecular formula is C55H56N4O4P2+4. The highest BCUT2D eigenvalue weighted by Crippen LogP contribution is 2.56. The molecule has 0 unspecified atom stereocenters. The number of pyridine rings is 4. The number of aryl methyl sites for hydroxylation is 2. The Labute approximate surface area is 383 Å². The molecule has 4 aromatic carbocycles. The van der Waals surface area contributed by atoms with Gasteiger partial charge >= 0.3 is 7.60 Å². The second-order valence-electron chi connectivity index (χ2n) is 17.0. The van der Waals surface area contributed by atoms with Crippen LogP contribution < -0.4 is 18.3 Å². The highest BCUT2D eigenvalue weighted by atomic mass is 31.2. The van der Waals surface area contributed by atoms with E-state index in [1.807, 2.05) is 44.1 Å². The van der Waals surface area contributed by atoms with Crippen molar-refractivity contribution in [3.05, 3.63) is 217 Å². The molecule has 0 saturated heterocycles. The Balaban J connectivity index is 0.972. The minimum atomic E-state index is -3.10. The number of fused-ring (bicyclic) bond motifs is 3. The molecule has 0 saturated carbocycles. The highest BCUT2D eigenvalue weighted by molar-refractivity contribution is 7.62. The first kappa shape index (κ1) is 44.1. The van der Waals surface area contributed by atoms with Gasteiger partial charge in [0.2, 0.25) is 11.4 Å². The van der Waals surface area contributed by atoms with Crippen LogP contribution in [0.3, 0.4) is 0 Å². The van der Waals surface area contributed by atoms with Gasteiger partial charge in [0.05, 0.1) is 31.9 Å². The summed E-state index contributed by atoms with van der Waals surface area (Å²) in [7, 11) is -5.16. The zero-order chi connectivity index (χ0) is 45.0. The molecule has 0 fully saturated rings. The summed E-state index contributed by atoms with van der Waals surface area (Å²) in [5, 5.41) is 0. The van der Waals surface area contributed by atoms with Crippen LogP contribution in [-0.4, -0.2) is 38.9 Å². The Hall–Kier alpha value is -6.14. The molecule has 8 nitrogen and oxygen atoms in total. The van der Waals surface area contributed by atoms with E-state index in [0.717, 1.165) is 40.2 Å². The van der Waals surface area contributed by atoms with Crippen molar-refractivity contribution < 1.29 is 36.4 Å². The molecule has 0 radical (unpaired) electrons. The number of aromatic nitrogens is 4. The molecule has 1 aliphatic rings. The van der Waals surface area contributed by atoms with E-state index in [4.69, 9.17) is 9.05 Å². The molecule has 4 aromatic heterocycles. The number of rotatable bonds is 16. The third-order valence-corrected chi connectivity index (χ3v) is 15.8. The molecule has 65 heavy (non-hydrogen) atoms. The predicted molar refractivity (Wildman–Crippen MR) is 258 cm³/mol. The van der Waals surface area contributed by atoms with E-state index in [0.29, 0.717) is 32.1 Å². The van der Waals surface area contributed by atoms with Crippen molar-refractivity contribution in [2.24, 2.45) is 0 Å². The molecule has 0 aliphatic heterocycles. The molecule has 0 spiro atoms. The summed E-state index contributed by atoms with van der Waals surface area (Å²) in [6.45, 7) is 9.38. The average Bonchev–Trinajstić information content (AvgIpc) is 3.64. The lowest BCUT2D eigenvalue weighted by atomic mass is 9.67. The maximum absolute atomic E-state index is 13.0. The van der Waals surface area contributed by atoms with Gasteiger partial charge in [0, 0.05) is 72.8 Å². The van der Waals surface area contributed by atoms with Gasteiger partial charge in [-0.05, 0) is 82.8 Å². The fourth-order valence-corrected chi connectivity index (χ4v) is 11.4. The monoisotopic (exact) mass is 898 g/mol. The van der Waals surface area contributed by atoms with Gasteiger partial charge < -0.3 is 13.6 Å². The highest BCUT2D eigenvalue weighted by Gasteiger charge is 2.46. The minimum Gasteiger partial charge on any atom is -0.324 e. The van der Waals surface area contributed by atoms with Gasteiger partial charge in [-0.2, -0.15) is 9.13 Å². The summed E-state index contributed by atoms with van der Waals surface area (Å²) in [5.74, 6) is 0. The molecule has 0 N–H and O–H groups in total. The van der Waals surface area contributed by atoms with E-state index in [1.165, 1.54) is 33.4 Å². The van der Waals surface area contributed by atoms with Crippen molar-refractivity contribution in [2.75, 3.05) is 38.9 Å². The van der Waals surface area contributed by atoms with Crippen molar-refractivity contribution in [2.45, 2.75) is 32.4 Å². The lowest BCUT2D eigenvalue weighted by Gasteiger charge is -2.33. The number of nitrogens with zero attached hydrogens (tertiary/aromatic N) is 4.